The average Bonchev–Trinajstić information content (AvgIpc) is 2.56. The fourth-order valence-corrected chi connectivity index (χ4v) is 1.43. The fourth-order valence-electron chi connectivity index (χ4n) is 1.43. The third-order valence-electron chi connectivity index (χ3n) is 2.56. The van der Waals surface area contributed by atoms with Crippen molar-refractivity contribution in [3.05, 3.63) is 47.7 Å². The Balaban J connectivity index is 2.59. The largest absolute Gasteiger partial charge is 0.469 e. The van der Waals surface area contributed by atoms with Gasteiger partial charge < -0.3 is 14.2 Å². The van der Waals surface area contributed by atoms with Gasteiger partial charge in [-0.3, -0.25) is 10.1 Å². The molecule has 0 saturated carbocycles. The maximum atomic E-state index is 11.7. The van der Waals surface area contributed by atoms with Gasteiger partial charge >= 0.3 is 18.0 Å². The molecule has 1 aromatic carbocycles. The molecule has 7 nitrogen and oxygen atoms in total. The summed E-state index contributed by atoms with van der Waals surface area (Å²) >= 11 is 0. The molecule has 118 valence electrons. The zero-order valence-electron chi connectivity index (χ0n) is 12.3. The third kappa shape index (κ3) is 6.08. The Bertz CT molecular complexity index is 552. The first-order chi connectivity index (χ1) is 10.6. The Hall–Kier alpha value is -2.83. The van der Waals surface area contributed by atoms with Gasteiger partial charge in [-0.25, -0.2) is 9.59 Å². The first kappa shape index (κ1) is 17.2. The highest BCUT2D eigenvalue weighted by Gasteiger charge is 2.15. The van der Waals surface area contributed by atoms with Crippen LogP contribution in [-0.2, 0) is 30.4 Å². The number of methoxy groups -OCH3 is 2. The predicted molar refractivity (Wildman–Crippen MR) is 76.5 cm³/mol. The second-order valence-corrected chi connectivity index (χ2v) is 4.08. The van der Waals surface area contributed by atoms with E-state index in [0.29, 0.717) is 0 Å². The predicted octanol–water partition coefficient (Wildman–Crippen LogP) is 1.53. The number of hydrogen-bond donors (Lipinski definition) is 1. The van der Waals surface area contributed by atoms with Crippen molar-refractivity contribution >= 4 is 18.0 Å². The van der Waals surface area contributed by atoms with Crippen molar-refractivity contribution in [3.8, 4) is 0 Å². The second-order valence-electron chi connectivity index (χ2n) is 4.08. The lowest BCUT2D eigenvalue weighted by Gasteiger charge is -2.09. The molecule has 0 aliphatic rings. The van der Waals surface area contributed by atoms with Crippen molar-refractivity contribution in [1.82, 2.24) is 5.32 Å². The van der Waals surface area contributed by atoms with Crippen LogP contribution in [-0.4, -0.2) is 32.3 Å². The number of benzene rings is 1. The zero-order chi connectivity index (χ0) is 16.4. The van der Waals surface area contributed by atoms with Crippen molar-refractivity contribution in [2.75, 3.05) is 14.2 Å². The molecule has 0 radical (unpaired) electrons. The second kappa shape index (κ2) is 9.17. The molecule has 0 bridgehead atoms. The summed E-state index contributed by atoms with van der Waals surface area (Å²) < 4.78 is 13.9. The van der Waals surface area contributed by atoms with E-state index < -0.39 is 18.0 Å². The molecule has 0 unspecified atom stereocenters. The van der Waals surface area contributed by atoms with E-state index in [1.165, 1.54) is 13.2 Å². The third-order valence-corrected chi connectivity index (χ3v) is 2.56. The molecular formula is C15H17NO6. The Morgan fingerprint density at radius 1 is 1.09 bits per heavy atom. The Morgan fingerprint density at radius 2 is 1.77 bits per heavy atom. The van der Waals surface area contributed by atoms with Crippen LogP contribution in [0.15, 0.2) is 42.1 Å². The molecule has 1 aromatic rings. The molecule has 22 heavy (non-hydrogen) atoms. The number of alkyl carbamates (subject to hydrolysis) is 1. The summed E-state index contributed by atoms with van der Waals surface area (Å²) in [5.41, 5.74) is 0.613. The van der Waals surface area contributed by atoms with E-state index in [0.717, 1.165) is 12.7 Å². The molecule has 0 spiro atoms. The van der Waals surface area contributed by atoms with Gasteiger partial charge in [0.15, 0.2) is 0 Å². The summed E-state index contributed by atoms with van der Waals surface area (Å²) in [5.74, 6) is -1.35. The highest BCUT2D eigenvalue weighted by molar-refractivity contribution is 5.92. The van der Waals surface area contributed by atoms with Crippen LogP contribution >= 0.6 is 0 Å². The molecule has 0 heterocycles. The fraction of sp³-hybridized carbons (Fsp3) is 0.267. The molecule has 0 aliphatic carbocycles. The summed E-state index contributed by atoms with van der Waals surface area (Å²) in [5, 5.41) is 2.24. The molecule has 0 fully saturated rings. The molecule has 1 N–H and O–H groups in total. The van der Waals surface area contributed by atoms with E-state index in [2.05, 4.69) is 14.8 Å². The van der Waals surface area contributed by atoms with Crippen LogP contribution in [0.3, 0.4) is 0 Å². The van der Waals surface area contributed by atoms with E-state index in [1.54, 1.807) is 12.1 Å². The Labute approximate surface area is 127 Å². The number of nitrogens with one attached hydrogen (secondary N) is 1. The van der Waals surface area contributed by atoms with Crippen LogP contribution in [0.25, 0.3) is 0 Å². The van der Waals surface area contributed by atoms with Crippen LogP contribution in [0.1, 0.15) is 12.0 Å². The number of esters is 2. The van der Waals surface area contributed by atoms with E-state index >= 15 is 0 Å². The summed E-state index contributed by atoms with van der Waals surface area (Å²) in [6, 6.07) is 9.05. The van der Waals surface area contributed by atoms with E-state index in [1.807, 2.05) is 18.2 Å². The highest BCUT2D eigenvalue weighted by atomic mass is 16.6. The lowest BCUT2D eigenvalue weighted by Crippen LogP contribution is -2.29. The SMILES string of the molecule is COC(=O)C/C=C(/NC(=O)OCc1ccccc1)C(=O)OC. The molecular weight excluding hydrogens is 290 g/mol. The smallest absolute Gasteiger partial charge is 0.412 e. The van der Waals surface area contributed by atoms with Crippen molar-refractivity contribution in [2.24, 2.45) is 0 Å². The molecule has 7 heteroatoms. The highest BCUT2D eigenvalue weighted by Crippen LogP contribution is 2.02. The number of rotatable bonds is 6. The van der Waals surface area contributed by atoms with Gasteiger partial charge in [0, 0.05) is 0 Å². The van der Waals surface area contributed by atoms with Gasteiger partial charge in [-0.2, -0.15) is 0 Å². The van der Waals surface area contributed by atoms with Crippen molar-refractivity contribution < 1.29 is 28.6 Å². The van der Waals surface area contributed by atoms with Gasteiger partial charge in [-0.05, 0) is 11.6 Å². The van der Waals surface area contributed by atoms with Gasteiger partial charge in [0.2, 0.25) is 0 Å². The molecule has 0 aliphatic heterocycles. The topological polar surface area (TPSA) is 90.9 Å². The van der Waals surface area contributed by atoms with E-state index in [9.17, 15) is 14.4 Å². The standard InChI is InChI=1S/C15H17NO6/c1-20-13(17)9-8-12(14(18)21-2)16-15(19)22-10-11-6-4-3-5-7-11/h3-8H,9-10H2,1-2H3,(H,16,19)/b12-8+. The number of hydrogen-bond acceptors (Lipinski definition) is 6. The van der Waals surface area contributed by atoms with Crippen molar-refractivity contribution in [3.63, 3.8) is 0 Å². The first-order valence-electron chi connectivity index (χ1n) is 6.39. The zero-order valence-corrected chi connectivity index (χ0v) is 12.3. The summed E-state index contributed by atoms with van der Waals surface area (Å²) in [7, 11) is 2.38. The van der Waals surface area contributed by atoms with Crippen LogP contribution in [0.5, 0.6) is 0 Å². The Morgan fingerprint density at radius 3 is 2.36 bits per heavy atom. The molecule has 0 saturated heterocycles. The van der Waals surface area contributed by atoms with Gasteiger partial charge in [-0.15, -0.1) is 0 Å². The maximum Gasteiger partial charge on any atom is 0.412 e. The van der Waals surface area contributed by atoms with E-state index in [4.69, 9.17) is 4.74 Å². The minimum atomic E-state index is -0.828. The van der Waals surface area contributed by atoms with Crippen LogP contribution in [0.2, 0.25) is 0 Å². The quantitative estimate of drug-likeness (QED) is 0.487. The normalized spacial score (nSPS) is 10.5. The lowest BCUT2D eigenvalue weighted by atomic mass is 10.2. The van der Waals surface area contributed by atoms with Crippen LogP contribution < -0.4 is 5.32 Å². The molecule has 0 aromatic heterocycles. The molecule has 1 amide bonds. The van der Waals surface area contributed by atoms with Crippen molar-refractivity contribution in [1.29, 1.82) is 0 Å². The van der Waals surface area contributed by atoms with Crippen LogP contribution in [0, 0.1) is 0 Å². The first-order valence-corrected chi connectivity index (χ1v) is 6.39. The number of amides is 1. The maximum absolute atomic E-state index is 11.7. The minimum Gasteiger partial charge on any atom is -0.469 e. The summed E-state index contributed by atoms with van der Waals surface area (Å²) in [4.78, 5) is 34.2. The van der Waals surface area contributed by atoms with Gasteiger partial charge in [0.25, 0.3) is 0 Å². The number of ether oxygens (including phenoxy) is 3. The average molecular weight is 307 g/mol. The number of carbonyl (C=O) groups is 3. The monoisotopic (exact) mass is 307 g/mol. The van der Waals surface area contributed by atoms with Gasteiger partial charge in [0.1, 0.15) is 12.3 Å². The number of carbonyl (C=O) groups excluding carboxylic acids is 3. The minimum absolute atomic E-state index is 0.0537. The van der Waals surface area contributed by atoms with Gasteiger partial charge in [-0.1, -0.05) is 30.3 Å². The molecule has 1 rings (SSSR count). The van der Waals surface area contributed by atoms with Crippen LogP contribution in [0.4, 0.5) is 4.79 Å². The molecule has 0 atom stereocenters. The van der Waals surface area contributed by atoms with Gasteiger partial charge in [0.05, 0.1) is 20.6 Å². The van der Waals surface area contributed by atoms with Crippen molar-refractivity contribution in [2.45, 2.75) is 13.0 Å². The summed E-state index contributed by atoms with van der Waals surface area (Å²) in [6.07, 6.45) is 0.187. The Kier molecular flexibility index (Phi) is 7.18. The summed E-state index contributed by atoms with van der Waals surface area (Å²) in [6.45, 7) is 0.0537. The lowest BCUT2D eigenvalue weighted by molar-refractivity contribution is -0.139. The van der Waals surface area contributed by atoms with E-state index in [-0.39, 0.29) is 18.7 Å².